The molecule has 0 aliphatic heterocycles. The van der Waals surface area contributed by atoms with Crippen molar-refractivity contribution in [1.82, 2.24) is 4.31 Å². The Morgan fingerprint density at radius 2 is 1.79 bits per heavy atom. The quantitative estimate of drug-likeness (QED) is 0.756. The van der Waals surface area contributed by atoms with E-state index in [0.29, 0.717) is 0 Å². The Kier molecular flexibility index (Phi) is 4.62. The number of aromatic carboxylic acids is 1. The lowest BCUT2D eigenvalue weighted by molar-refractivity contribution is -0.118. The van der Waals surface area contributed by atoms with Crippen LogP contribution in [0.15, 0.2) is 29.2 Å². The normalized spacial score (nSPS) is 11.5. The standard InChI is InChI=1S/C11H14N2O5S/c1-2-13(7-10(12)14)19(17,18)9-5-3-8(4-6-9)11(15)16/h3-6H,2,7H2,1H3,(H2,12,14)(H,15,16). The van der Waals surface area contributed by atoms with Gasteiger partial charge >= 0.3 is 5.97 Å². The topological polar surface area (TPSA) is 118 Å². The number of primary amides is 1. The Balaban J connectivity index is 3.11. The number of nitrogens with two attached hydrogens (primary N) is 1. The summed E-state index contributed by atoms with van der Waals surface area (Å²) in [6.07, 6.45) is 0. The van der Waals surface area contributed by atoms with E-state index < -0.39 is 28.4 Å². The second kappa shape index (κ2) is 5.81. The zero-order valence-corrected chi connectivity index (χ0v) is 11.1. The van der Waals surface area contributed by atoms with Gasteiger partial charge in [0.1, 0.15) is 0 Å². The average Bonchev–Trinajstić information content (AvgIpc) is 2.35. The Bertz CT molecular complexity index is 580. The first-order chi connectivity index (χ1) is 8.78. The maximum Gasteiger partial charge on any atom is 0.335 e. The molecule has 0 radical (unpaired) electrons. The van der Waals surface area contributed by atoms with Crippen LogP contribution in [0.2, 0.25) is 0 Å². The highest BCUT2D eigenvalue weighted by molar-refractivity contribution is 7.89. The van der Waals surface area contributed by atoms with Crippen molar-refractivity contribution in [2.75, 3.05) is 13.1 Å². The molecule has 1 aromatic carbocycles. The molecule has 7 nitrogen and oxygen atoms in total. The molecule has 8 heteroatoms. The summed E-state index contributed by atoms with van der Waals surface area (Å²) in [4.78, 5) is 21.4. The monoisotopic (exact) mass is 286 g/mol. The van der Waals surface area contributed by atoms with Crippen molar-refractivity contribution in [3.63, 3.8) is 0 Å². The largest absolute Gasteiger partial charge is 0.478 e. The summed E-state index contributed by atoms with van der Waals surface area (Å²) in [5.74, 6) is -1.90. The van der Waals surface area contributed by atoms with Gasteiger partial charge in [-0.25, -0.2) is 13.2 Å². The minimum atomic E-state index is -3.85. The van der Waals surface area contributed by atoms with Crippen molar-refractivity contribution < 1.29 is 23.1 Å². The van der Waals surface area contributed by atoms with Crippen LogP contribution in [0.4, 0.5) is 0 Å². The molecule has 0 heterocycles. The van der Waals surface area contributed by atoms with Gasteiger partial charge in [0.2, 0.25) is 15.9 Å². The zero-order valence-electron chi connectivity index (χ0n) is 10.2. The van der Waals surface area contributed by atoms with Crippen molar-refractivity contribution in [3.05, 3.63) is 29.8 Å². The van der Waals surface area contributed by atoms with E-state index in [1.807, 2.05) is 0 Å². The summed E-state index contributed by atoms with van der Waals surface area (Å²) in [5.41, 5.74) is 4.97. The summed E-state index contributed by atoms with van der Waals surface area (Å²) in [6.45, 7) is 1.25. The number of sulfonamides is 1. The molecular weight excluding hydrogens is 272 g/mol. The molecular formula is C11H14N2O5S. The number of hydrogen-bond acceptors (Lipinski definition) is 4. The van der Waals surface area contributed by atoms with Crippen LogP contribution in [0.1, 0.15) is 17.3 Å². The van der Waals surface area contributed by atoms with Gasteiger partial charge in [-0.05, 0) is 24.3 Å². The van der Waals surface area contributed by atoms with Gasteiger partial charge in [0.05, 0.1) is 17.0 Å². The summed E-state index contributed by atoms with van der Waals surface area (Å²) in [6, 6.07) is 4.74. The highest BCUT2D eigenvalue weighted by atomic mass is 32.2. The molecule has 0 aliphatic rings. The number of carbonyl (C=O) groups excluding carboxylic acids is 1. The highest BCUT2D eigenvalue weighted by Gasteiger charge is 2.24. The molecule has 1 rings (SSSR count). The summed E-state index contributed by atoms with van der Waals surface area (Å²) in [7, 11) is -3.85. The fourth-order valence-corrected chi connectivity index (χ4v) is 2.87. The smallest absolute Gasteiger partial charge is 0.335 e. The van der Waals surface area contributed by atoms with E-state index in [-0.39, 0.29) is 17.0 Å². The number of benzene rings is 1. The van der Waals surface area contributed by atoms with E-state index in [9.17, 15) is 18.0 Å². The van der Waals surface area contributed by atoms with E-state index in [1.165, 1.54) is 24.3 Å². The van der Waals surface area contributed by atoms with Crippen molar-refractivity contribution in [2.24, 2.45) is 5.73 Å². The number of rotatable bonds is 6. The third-order valence-corrected chi connectivity index (χ3v) is 4.36. The second-order valence-corrected chi connectivity index (χ2v) is 5.66. The Morgan fingerprint density at radius 1 is 1.26 bits per heavy atom. The first-order valence-corrected chi connectivity index (χ1v) is 6.85. The van der Waals surface area contributed by atoms with Crippen LogP contribution < -0.4 is 5.73 Å². The highest BCUT2D eigenvalue weighted by Crippen LogP contribution is 2.16. The van der Waals surface area contributed by atoms with Crippen LogP contribution in [-0.4, -0.2) is 42.8 Å². The third kappa shape index (κ3) is 3.52. The lowest BCUT2D eigenvalue weighted by Crippen LogP contribution is -2.38. The van der Waals surface area contributed by atoms with E-state index in [0.717, 1.165) is 4.31 Å². The van der Waals surface area contributed by atoms with Gasteiger partial charge in [-0.2, -0.15) is 4.31 Å². The lowest BCUT2D eigenvalue weighted by Gasteiger charge is -2.18. The van der Waals surface area contributed by atoms with Gasteiger partial charge in [-0.1, -0.05) is 6.92 Å². The molecule has 19 heavy (non-hydrogen) atoms. The van der Waals surface area contributed by atoms with E-state index >= 15 is 0 Å². The molecule has 0 bridgehead atoms. The third-order valence-electron chi connectivity index (χ3n) is 2.42. The van der Waals surface area contributed by atoms with Gasteiger partial charge in [0.25, 0.3) is 0 Å². The summed E-state index contributed by atoms with van der Waals surface area (Å²) < 4.78 is 25.2. The van der Waals surface area contributed by atoms with Crippen LogP contribution in [0, 0.1) is 0 Å². The summed E-state index contributed by atoms with van der Waals surface area (Å²) in [5, 5.41) is 8.73. The van der Waals surface area contributed by atoms with Gasteiger partial charge < -0.3 is 10.8 Å². The molecule has 104 valence electrons. The molecule has 0 fully saturated rings. The van der Waals surface area contributed by atoms with E-state index in [4.69, 9.17) is 10.8 Å². The molecule has 1 amide bonds. The van der Waals surface area contributed by atoms with Crippen LogP contribution in [-0.2, 0) is 14.8 Å². The van der Waals surface area contributed by atoms with Crippen molar-refractivity contribution in [2.45, 2.75) is 11.8 Å². The van der Waals surface area contributed by atoms with Crippen molar-refractivity contribution >= 4 is 21.9 Å². The number of hydrogen-bond donors (Lipinski definition) is 2. The van der Waals surface area contributed by atoms with Crippen molar-refractivity contribution in [3.8, 4) is 0 Å². The van der Waals surface area contributed by atoms with Crippen LogP contribution in [0.5, 0.6) is 0 Å². The fourth-order valence-electron chi connectivity index (χ4n) is 1.46. The number of nitrogens with zero attached hydrogens (tertiary/aromatic N) is 1. The number of carboxylic acids is 1. The number of amides is 1. The van der Waals surface area contributed by atoms with Crippen LogP contribution in [0.25, 0.3) is 0 Å². The second-order valence-electron chi connectivity index (χ2n) is 3.73. The average molecular weight is 286 g/mol. The maximum absolute atomic E-state index is 12.2. The fraction of sp³-hybridized carbons (Fsp3) is 0.273. The molecule has 3 N–H and O–H groups in total. The van der Waals surface area contributed by atoms with Gasteiger partial charge in [-0.3, -0.25) is 4.79 Å². The predicted octanol–water partition coefficient (Wildman–Crippen LogP) is -0.119. The first kappa shape index (κ1) is 15.1. The Hall–Kier alpha value is -1.93. The molecule has 0 aliphatic carbocycles. The lowest BCUT2D eigenvalue weighted by atomic mass is 10.2. The molecule has 1 aromatic rings. The number of carbonyl (C=O) groups is 2. The minimum absolute atomic E-state index is 0.0168. The number of carboxylic acid groups (broad SMARTS) is 1. The van der Waals surface area contributed by atoms with Crippen LogP contribution in [0.3, 0.4) is 0 Å². The van der Waals surface area contributed by atoms with Gasteiger partial charge in [0, 0.05) is 6.54 Å². The van der Waals surface area contributed by atoms with Gasteiger partial charge in [-0.15, -0.1) is 0 Å². The molecule has 0 aromatic heterocycles. The first-order valence-electron chi connectivity index (χ1n) is 5.41. The Labute approximate surface area is 110 Å². The predicted molar refractivity (Wildman–Crippen MR) is 67.0 cm³/mol. The van der Waals surface area contributed by atoms with Crippen LogP contribution >= 0.6 is 0 Å². The molecule has 0 saturated carbocycles. The van der Waals surface area contributed by atoms with E-state index in [2.05, 4.69) is 0 Å². The van der Waals surface area contributed by atoms with Crippen molar-refractivity contribution in [1.29, 1.82) is 0 Å². The Morgan fingerprint density at radius 3 is 2.16 bits per heavy atom. The molecule has 0 spiro atoms. The maximum atomic E-state index is 12.2. The number of likely N-dealkylation sites (N-methyl/N-ethyl adjacent to an activating group) is 1. The van der Waals surface area contributed by atoms with E-state index in [1.54, 1.807) is 6.92 Å². The SMILES string of the molecule is CCN(CC(N)=O)S(=O)(=O)c1ccc(C(=O)O)cc1. The van der Waals surface area contributed by atoms with Gasteiger partial charge in [0.15, 0.2) is 0 Å². The molecule has 0 saturated heterocycles. The molecule has 0 atom stereocenters. The summed E-state index contributed by atoms with van der Waals surface area (Å²) >= 11 is 0. The minimum Gasteiger partial charge on any atom is -0.478 e. The molecule has 0 unspecified atom stereocenters. The zero-order chi connectivity index (χ0) is 14.6.